The molecule has 0 aromatic heterocycles. The molecule has 0 radical (unpaired) electrons. The number of ether oxygens (including phenoxy) is 3. The van der Waals surface area contributed by atoms with Crippen LogP contribution < -0.4 is 14.8 Å². The lowest BCUT2D eigenvalue weighted by atomic mass is 9.89. The lowest BCUT2D eigenvalue weighted by Crippen LogP contribution is -2.49. The standard InChI is InChI=1S/C19H28N2O4/c1-19(2)12-16(15-11-14(24-4)5-6-17(15)25-19)20-18(22)21-9-7-13(23-3)8-10-21/h5-6,11,13,16H,7-10,12H2,1-4H3,(H,20,22)/t16-/m1/s1. The minimum Gasteiger partial charge on any atom is -0.497 e. The Kier molecular flexibility index (Phi) is 5.08. The van der Waals surface area contributed by atoms with Gasteiger partial charge < -0.3 is 24.4 Å². The van der Waals surface area contributed by atoms with Crippen molar-refractivity contribution in [3.8, 4) is 11.5 Å². The summed E-state index contributed by atoms with van der Waals surface area (Å²) in [6, 6.07) is 5.63. The number of methoxy groups -OCH3 is 2. The third-order valence-electron chi connectivity index (χ3n) is 5.03. The molecule has 2 aliphatic rings. The molecule has 1 fully saturated rings. The molecule has 0 aliphatic carbocycles. The van der Waals surface area contributed by atoms with Crippen LogP contribution in [0.15, 0.2) is 18.2 Å². The van der Waals surface area contributed by atoms with E-state index in [4.69, 9.17) is 14.2 Å². The molecule has 138 valence electrons. The van der Waals surface area contributed by atoms with Crippen molar-refractivity contribution in [3.05, 3.63) is 23.8 Å². The molecule has 2 amide bonds. The fraction of sp³-hybridized carbons (Fsp3) is 0.632. The monoisotopic (exact) mass is 348 g/mol. The van der Waals surface area contributed by atoms with Crippen LogP contribution in [0.4, 0.5) is 4.79 Å². The molecule has 25 heavy (non-hydrogen) atoms. The van der Waals surface area contributed by atoms with E-state index in [-0.39, 0.29) is 23.8 Å². The minimum atomic E-state index is -0.331. The third-order valence-corrected chi connectivity index (χ3v) is 5.03. The number of rotatable bonds is 3. The Labute approximate surface area is 149 Å². The maximum Gasteiger partial charge on any atom is 0.317 e. The first kappa shape index (κ1) is 17.9. The average molecular weight is 348 g/mol. The van der Waals surface area contributed by atoms with E-state index >= 15 is 0 Å². The van der Waals surface area contributed by atoms with Crippen LogP contribution in [0.1, 0.15) is 44.7 Å². The van der Waals surface area contributed by atoms with Gasteiger partial charge in [-0.05, 0) is 44.9 Å². The Morgan fingerprint density at radius 2 is 2.00 bits per heavy atom. The van der Waals surface area contributed by atoms with Crippen molar-refractivity contribution in [3.63, 3.8) is 0 Å². The normalized spacial score (nSPS) is 22.7. The number of carbonyl (C=O) groups excluding carboxylic acids is 1. The number of carbonyl (C=O) groups is 1. The Morgan fingerprint density at radius 1 is 1.28 bits per heavy atom. The summed E-state index contributed by atoms with van der Waals surface area (Å²) < 4.78 is 16.8. The molecule has 0 unspecified atom stereocenters. The van der Waals surface area contributed by atoms with Crippen LogP contribution >= 0.6 is 0 Å². The zero-order chi connectivity index (χ0) is 18.0. The number of urea groups is 1. The molecule has 1 aromatic carbocycles. The van der Waals surface area contributed by atoms with Gasteiger partial charge in [-0.2, -0.15) is 0 Å². The van der Waals surface area contributed by atoms with E-state index in [1.807, 2.05) is 36.9 Å². The molecule has 1 atom stereocenters. The van der Waals surface area contributed by atoms with Gasteiger partial charge in [0.25, 0.3) is 0 Å². The number of piperidine rings is 1. The van der Waals surface area contributed by atoms with Gasteiger partial charge in [-0.25, -0.2) is 4.79 Å². The number of hydrogen-bond donors (Lipinski definition) is 1. The van der Waals surface area contributed by atoms with E-state index in [0.29, 0.717) is 6.42 Å². The van der Waals surface area contributed by atoms with Crippen LogP contribution in [-0.4, -0.2) is 49.9 Å². The number of amides is 2. The molecule has 1 aromatic rings. The van der Waals surface area contributed by atoms with Crippen molar-refractivity contribution in [2.45, 2.75) is 50.9 Å². The Hall–Kier alpha value is -1.95. The SMILES string of the molecule is COc1ccc2c(c1)[C@H](NC(=O)N1CCC(OC)CC1)CC(C)(C)O2. The predicted molar refractivity (Wildman–Crippen MR) is 95.2 cm³/mol. The molecule has 2 heterocycles. The van der Waals surface area contributed by atoms with Crippen molar-refractivity contribution in [1.29, 1.82) is 0 Å². The molecule has 0 spiro atoms. The van der Waals surface area contributed by atoms with Gasteiger partial charge in [0.15, 0.2) is 0 Å². The number of nitrogens with one attached hydrogen (secondary N) is 1. The maximum absolute atomic E-state index is 12.7. The number of nitrogens with zero attached hydrogens (tertiary/aromatic N) is 1. The zero-order valence-corrected chi connectivity index (χ0v) is 15.5. The van der Waals surface area contributed by atoms with Crippen LogP contribution in [-0.2, 0) is 4.74 Å². The highest BCUT2D eigenvalue weighted by Gasteiger charge is 2.36. The van der Waals surface area contributed by atoms with Crippen LogP contribution in [0, 0.1) is 0 Å². The van der Waals surface area contributed by atoms with Gasteiger partial charge in [-0.15, -0.1) is 0 Å². The summed E-state index contributed by atoms with van der Waals surface area (Å²) in [5, 5.41) is 3.20. The third kappa shape index (κ3) is 4.00. The molecule has 0 bridgehead atoms. The molecule has 2 aliphatic heterocycles. The van der Waals surface area contributed by atoms with Crippen LogP contribution in [0.5, 0.6) is 11.5 Å². The molecule has 3 rings (SSSR count). The Balaban J connectivity index is 1.74. The summed E-state index contributed by atoms with van der Waals surface area (Å²) in [4.78, 5) is 14.6. The van der Waals surface area contributed by atoms with Gasteiger partial charge in [0.2, 0.25) is 0 Å². The Morgan fingerprint density at radius 3 is 2.64 bits per heavy atom. The second-order valence-electron chi connectivity index (χ2n) is 7.39. The molecule has 1 saturated heterocycles. The van der Waals surface area contributed by atoms with E-state index < -0.39 is 0 Å². The molecular weight excluding hydrogens is 320 g/mol. The van der Waals surface area contributed by atoms with Crippen LogP contribution in [0.3, 0.4) is 0 Å². The van der Waals surface area contributed by atoms with E-state index in [2.05, 4.69) is 5.32 Å². The van der Waals surface area contributed by atoms with E-state index in [0.717, 1.165) is 43.0 Å². The van der Waals surface area contributed by atoms with Gasteiger partial charge in [-0.1, -0.05) is 0 Å². The predicted octanol–water partition coefficient (Wildman–Crippen LogP) is 3.12. The summed E-state index contributed by atoms with van der Waals surface area (Å²) in [7, 11) is 3.37. The Bertz CT molecular complexity index is 624. The topological polar surface area (TPSA) is 60.0 Å². The lowest BCUT2D eigenvalue weighted by Gasteiger charge is -2.39. The number of likely N-dealkylation sites (tertiary alicyclic amines) is 1. The van der Waals surface area contributed by atoms with Gasteiger partial charge in [0.05, 0.1) is 19.3 Å². The van der Waals surface area contributed by atoms with E-state index in [1.54, 1.807) is 14.2 Å². The van der Waals surface area contributed by atoms with E-state index in [1.165, 1.54) is 0 Å². The van der Waals surface area contributed by atoms with Crippen molar-refractivity contribution in [2.24, 2.45) is 0 Å². The summed E-state index contributed by atoms with van der Waals surface area (Å²) >= 11 is 0. The second kappa shape index (κ2) is 7.12. The molecular formula is C19H28N2O4. The smallest absolute Gasteiger partial charge is 0.317 e. The zero-order valence-electron chi connectivity index (χ0n) is 15.5. The first-order valence-electron chi connectivity index (χ1n) is 8.87. The van der Waals surface area contributed by atoms with Crippen molar-refractivity contribution >= 4 is 6.03 Å². The van der Waals surface area contributed by atoms with Gasteiger partial charge in [-0.3, -0.25) is 0 Å². The first-order chi connectivity index (χ1) is 11.9. The quantitative estimate of drug-likeness (QED) is 0.912. The number of benzene rings is 1. The molecule has 0 saturated carbocycles. The van der Waals surface area contributed by atoms with Gasteiger partial charge in [0.1, 0.15) is 17.1 Å². The minimum absolute atomic E-state index is 0.0222. The fourth-order valence-electron chi connectivity index (χ4n) is 3.62. The highest BCUT2D eigenvalue weighted by molar-refractivity contribution is 5.75. The fourth-order valence-corrected chi connectivity index (χ4v) is 3.62. The van der Waals surface area contributed by atoms with E-state index in [9.17, 15) is 4.79 Å². The number of hydrogen-bond acceptors (Lipinski definition) is 4. The van der Waals surface area contributed by atoms with Gasteiger partial charge in [0, 0.05) is 32.2 Å². The highest BCUT2D eigenvalue weighted by Crippen LogP contribution is 2.41. The summed E-state index contributed by atoms with van der Waals surface area (Å²) in [5.41, 5.74) is 0.640. The maximum atomic E-state index is 12.7. The molecule has 6 nitrogen and oxygen atoms in total. The average Bonchev–Trinajstić information content (AvgIpc) is 2.60. The van der Waals surface area contributed by atoms with Crippen molar-refractivity contribution < 1.29 is 19.0 Å². The van der Waals surface area contributed by atoms with Crippen molar-refractivity contribution in [1.82, 2.24) is 10.2 Å². The summed E-state index contributed by atoms with van der Waals surface area (Å²) in [6.07, 6.45) is 2.74. The highest BCUT2D eigenvalue weighted by atomic mass is 16.5. The second-order valence-corrected chi connectivity index (χ2v) is 7.39. The molecule has 1 N–H and O–H groups in total. The molecule has 6 heteroatoms. The van der Waals surface area contributed by atoms with Crippen LogP contribution in [0.25, 0.3) is 0 Å². The van der Waals surface area contributed by atoms with Crippen LogP contribution in [0.2, 0.25) is 0 Å². The largest absolute Gasteiger partial charge is 0.497 e. The summed E-state index contributed by atoms with van der Waals surface area (Å²) in [5.74, 6) is 1.57. The number of fused-ring (bicyclic) bond motifs is 1. The first-order valence-corrected chi connectivity index (χ1v) is 8.87. The lowest BCUT2D eigenvalue weighted by molar-refractivity contribution is 0.0467. The van der Waals surface area contributed by atoms with Crippen molar-refractivity contribution in [2.75, 3.05) is 27.3 Å². The van der Waals surface area contributed by atoms with Gasteiger partial charge >= 0.3 is 6.03 Å². The summed E-state index contributed by atoms with van der Waals surface area (Å²) in [6.45, 7) is 5.54.